The van der Waals surface area contributed by atoms with Gasteiger partial charge in [0.25, 0.3) is 0 Å². The highest BCUT2D eigenvalue weighted by atomic mass is 35.5. The Morgan fingerprint density at radius 2 is 1.96 bits per heavy atom. The van der Waals surface area contributed by atoms with Crippen LogP contribution in [0.15, 0.2) is 12.5 Å². The predicted octanol–water partition coefficient (Wildman–Crippen LogP) is 2.24. The molecule has 124 valence electrons. The Labute approximate surface area is 139 Å². The molecule has 0 amide bonds. The largest absolute Gasteiger partial charge is 0.367 e. The van der Waals surface area contributed by atoms with E-state index in [-0.39, 0.29) is 5.97 Å². The molecule has 0 radical (unpaired) electrons. The Morgan fingerprint density at radius 3 is 2.61 bits per heavy atom. The van der Waals surface area contributed by atoms with Crippen molar-refractivity contribution < 1.29 is 9.63 Å². The average molecular weight is 338 g/mol. The van der Waals surface area contributed by atoms with Gasteiger partial charge in [-0.3, -0.25) is 0 Å². The van der Waals surface area contributed by atoms with Crippen LogP contribution in [0.5, 0.6) is 0 Å². The minimum absolute atomic E-state index is 0.218. The summed E-state index contributed by atoms with van der Waals surface area (Å²) in [4.78, 5) is 31.1. The lowest BCUT2D eigenvalue weighted by Crippen LogP contribution is -2.48. The third-order valence-corrected chi connectivity index (χ3v) is 4.06. The molecule has 0 saturated carbocycles. The van der Waals surface area contributed by atoms with E-state index in [4.69, 9.17) is 16.4 Å². The van der Waals surface area contributed by atoms with Crippen LogP contribution in [-0.4, -0.2) is 52.2 Å². The number of aromatic nitrogens is 3. The number of halogens is 1. The van der Waals surface area contributed by atoms with Crippen LogP contribution in [0.3, 0.4) is 0 Å². The van der Waals surface area contributed by atoms with E-state index in [1.807, 2.05) is 20.8 Å². The summed E-state index contributed by atoms with van der Waals surface area (Å²) in [6.07, 6.45) is 3.24. The lowest BCUT2D eigenvalue weighted by Gasteiger charge is -2.35. The number of nitrogens with one attached hydrogen (secondary N) is 1. The van der Waals surface area contributed by atoms with Crippen LogP contribution in [0.2, 0.25) is 5.02 Å². The number of hydroxylamine groups is 2. The number of aromatic amines is 1. The first-order valence-electron chi connectivity index (χ1n) is 7.56. The average Bonchev–Trinajstić information content (AvgIpc) is 2.89. The number of rotatable bonds is 2. The second-order valence-corrected chi connectivity index (χ2v) is 7.01. The molecule has 23 heavy (non-hydrogen) atoms. The van der Waals surface area contributed by atoms with Gasteiger partial charge in [0.2, 0.25) is 0 Å². The number of carbonyl (C=O) groups excluding carboxylic acids is 1. The van der Waals surface area contributed by atoms with Gasteiger partial charge < -0.3 is 14.7 Å². The van der Waals surface area contributed by atoms with Crippen LogP contribution >= 0.6 is 11.6 Å². The molecule has 0 atom stereocenters. The fourth-order valence-electron chi connectivity index (χ4n) is 2.39. The molecule has 0 aliphatic carbocycles. The summed E-state index contributed by atoms with van der Waals surface area (Å²) in [6.45, 7) is 8.17. The van der Waals surface area contributed by atoms with E-state index in [1.54, 1.807) is 11.3 Å². The van der Waals surface area contributed by atoms with Gasteiger partial charge in [0, 0.05) is 19.3 Å². The third kappa shape index (κ3) is 3.25. The lowest BCUT2D eigenvalue weighted by molar-refractivity contribution is -0.201. The summed E-state index contributed by atoms with van der Waals surface area (Å²) in [5.74, 6) is 0.590. The first-order chi connectivity index (χ1) is 10.9. The molecular formula is C15H20ClN5O2. The molecule has 1 N–H and O–H groups in total. The first-order valence-corrected chi connectivity index (χ1v) is 7.94. The van der Waals surface area contributed by atoms with Crippen molar-refractivity contribution in [2.45, 2.75) is 20.8 Å². The van der Waals surface area contributed by atoms with Crippen LogP contribution in [0.4, 0.5) is 5.82 Å². The van der Waals surface area contributed by atoms with E-state index in [0.29, 0.717) is 31.2 Å². The van der Waals surface area contributed by atoms with E-state index >= 15 is 0 Å². The highest BCUT2D eigenvalue weighted by molar-refractivity contribution is 6.36. The van der Waals surface area contributed by atoms with E-state index < -0.39 is 5.41 Å². The maximum absolute atomic E-state index is 11.9. The highest BCUT2D eigenvalue weighted by Crippen LogP contribution is 2.30. The quantitative estimate of drug-likeness (QED) is 0.906. The number of carbonyl (C=O) groups is 1. The van der Waals surface area contributed by atoms with Gasteiger partial charge in [0.15, 0.2) is 0 Å². The van der Waals surface area contributed by atoms with Crippen molar-refractivity contribution in [2.24, 2.45) is 5.41 Å². The fourth-order valence-corrected chi connectivity index (χ4v) is 2.62. The molecule has 0 bridgehead atoms. The summed E-state index contributed by atoms with van der Waals surface area (Å²) in [6, 6.07) is 0. The zero-order valence-electron chi connectivity index (χ0n) is 13.5. The van der Waals surface area contributed by atoms with Gasteiger partial charge in [0.05, 0.1) is 28.9 Å². The number of hydrogen-bond acceptors (Lipinski definition) is 6. The number of H-pyrrole nitrogens is 1. The van der Waals surface area contributed by atoms with Gasteiger partial charge in [-0.05, 0) is 20.8 Å². The summed E-state index contributed by atoms with van der Waals surface area (Å²) in [5.41, 5.74) is 0.218. The Kier molecular flexibility index (Phi) is 4.16. The summed E-state index contributed by atoms with van der Waals surface area (Å²) < 4.78 is 0. The molecule has 7 nitrogen and oxygen atoms in total. The maximum Gasteiger partial charge on any atom is 0.330 e. The molecule has 1 fully saturated rings. The van der Waals surface area contributed by atoms with E-state index in [1.165, 1.54) is 6.33 Å². The number of piperazine rings is 1. The van der Waals surface area contributed by atoms with Crippen LogP contribution in [-0.2, 0) is 9.63 Å². The second-order valence-electron chi connectivity index (χ2n) is 6.60. The van der Waals surface area contributed by atoms with Crippen LogP contribution < -0.4 is 4.90 Å². The standard InChI is InChI=1S/C15H20ClN5O2/c1-15(2,3)14(22)23-21-6-4-20(5-7-21)13-11-10(16)8-17-12(11)18-9-19-13/h8-9H,4-7H2,1-3H3,(H,17,18,19). The van der Waals surface area contributed by atoms with Crippen LogP contribution in [0.1, 0.15) is 20.8 Å². The number of anilines is 1. The SMILES string of the molecule is CC(C)(C)C(=O)ON1CCN(c2ncnc3[nH]cc(Cl)c23)CC1. The van der Waals surface area contributed by atoms with Gasteiger partial charge in [-0.2, -0.15) is 0 Å². The van der Waals surface area contributed by atoms with Crippen molar-refractivity contribution in [3.63, 3.8) is 0 Å². The van der Waals surface area contributed by atoms with Crippen molar-refractivity contribution in [1.82, 2.24) is 20.0 Å². The minimum atomic E-state index is -0.505. The Balaban J connectivity index is 1.69. The molecule has 3 rings (SSSR count). The van der Waals surface area contributed by atoms with Crippen molar-refractivity contribution in [1.29, 1.82) is 0 Å². The first kappa shape index (κ1) is 16.0. The molecule has 1 saturated heterocycles. The van der Waals surface area contributed by atoms with Crippen LogP contribution in [0, 0.1) is 5.41 Å². The van der Waals surface area contributed by atoms with E-state index in [9.17, 15) is 4.79 Å². The van der Waals surface area contributed by atoms with Gasteiger partial charge in [0.1, 0.15) is 17.8 Å². The Morgan fingerprint density at radius 1 is 1.26 bits per heavy atom. The zero-order valence-corrected chi connectivity index (χ0v) is 14.2. The van der Waals surface area contributed by atoms with Gasteiger partial charge in [-0.15, -0.1) is 5.06 Å². The predicted molar refractivity (Wildman–Crippen MR) is 88.2 cm³/mol. The summed E-state index contributed by atoms with van der Waals surface area (Å²) in [7, 11) is 0. The molecule has 1 aliphatic heterocycles. The van der Waals surface area contributed by atoms with Gasteiger partial charge >= 0.3 is 5.97 Å². The minimum Gasteiger partial charge on any atom is -0.367 e. The smallest absolute Gasteiger partial charge is 0.330 e. The third-order valence-electron chi connectivity index (χ3n) is 3.76. The normalized spacial score (nSPS) is 16.8. The molecule has 8 heteroatoms. The molecule has 3 heterocycles. The van der Waals surface area contributed by atoms with Gasteiger partial charge in [-0.1, -0.05) is 11.6 Å². The zero-order chi connectivity index (χ0) is 16.6. The molecule has 0 aromatic carbocycles. The number of hydrogen-bond donors (Lipinski definition) is 1. The van der Waals surface area contributed by atoms with Gasteiger partial charge in [-0.25, -0.2) is 14.8 Å². The van der Waals surface area contributed by atoms with Crippen LogP contribution in [0.25, 0.3) is 11.0 Å². The number of fused-ring (bicyclic) bond motifs is 1. The molecule has 2 aromatic rings. The topological polar surface area (TPSA) is 74.3 Å². The maximum atomic E-state index is 11.9. The molecular weight excluding hydrogens is 318 g/mol. The molecule has 1 aliphatic rings. The molecule has 0 spiro atoms. The van der Waals surface area contributed by atoms with Crippen molar-refractivity contribution in [2.75, 3.05) is 31.1 Å². The lowest BCUT2D eigenvalue weighted by atomic mass is 9.98. The fraction of sp³-hybridized carbons (Fsp3) is 0.533. The highest BCUT2D eigenvalue weighted by Gasteiger charge is 2.28. The summed E-state index contributed by atoms with van der Waals surface area (Å²) >= 11 is 6.23. The molecule has 0 unspecified atom stereocenters. The molecule has 2 aromatic heterocycles. The van der Waals surface area contributed by atoms with Crippen molar-refractivity contribution in [3.8, 4) is 0 Å². The summed E-state index contributed by atoms with van der Waals surface area (Å²) in [5, 5.41) is 3.15. The van der Waals surface area contributed by atoms with E-state index in [0.717, 1.165) is 16.9 Å². The second kappa shape index (κ2) is 5.98. The van der Waals surface area contributed by atoms with Crippen molar-refractivity contribution >= 4 is 34.4 Å². The monoisotopic (exact) mass is 337 g/mol. The van der Waals surface area contributed by atoms with E-state index in [2.05, 4.69) is 19.9 Å². The Bertz CT molecular complexity index is 716. The number of nitrogens with zero attached hydrogens (tertiary/aromatic N) is 4. The Hall–Kier alpha value is -1.86. The van der Waals surface area contributed by atoms with Crippen molar-refractivity contribution in [3.05, 3.63) is 17.5 Å².